The van der Waals surface area contributed by atoms with Crippen LogP contribution in [-0.2, 0) is 4.79 Å². The smallest absolute Gasteiger partial charge is 0.234 e. The second-order valence-electron chi connectivity index (χ2n) is 8.31. The molecule has 0 aromatic carbocycles. The summed E-state index contributed by atoms with van der Waals surface area (Å²) in [5.74, 6) is 1.87. The van der Waals surface area contributed by atoms with Gasteiger partial charge in [0.05, 0.1) is 6.54 Å². The normalized spacial score (nSPS) is 31.0. The lowest BCUT2D eigenvalue weighted by Crippen LogP contribution is -2.51. The number of nitrogens with one attached hydrogen (secondary N) is 2. The average Bonchev–Trinajstić information content (AvgIpc) is 2.57. The molecule has 2 saturated heterocycles. The van der Waals surface area contributed by atoms with Crippen molar-refractivity contribution in [1.29, 1.82) is 0 Å². The van der Waals surface area contributed by atoms with E-state index in [0.717, 1.165) is 44.4 Å². The molecule has 0 spiro atoms. The lowest BCUT2D eigenvalue weighted by molar-refractivity contribution is -0.123. The van der Waals surface area contributed by atoms with E-state index in [1.165, 1.54) is 51.7 Å². The fourth-order valence-corrected chi connectivity index (χ4v) is 4.60. The van der Waals surface area contributed by atoms with Crippen LogP contribution in [0.3, 0.4) is 0 Å². The zero-order chi connectivity index (χ0) is 16.8. The van der Waals surface area contributed by atoms with Crippen molar-refractivity contribution in [1.82, 2.24) is 20.4 Å². The van der Waals surface area contributed by atoms with Crippen LogP contribution in [0.2, 0.25) is 0 Å². The van der Waals surface area contributed by atoms with Gasteiger partial charge < -0.3 is 15.5 Å². The first-order valence-corrected chi connectivity index (χ1v) is 10.1. The molecule has 5 nitrogen and oxygen atoms in total. The van der Waals surface area contributed by atoms with Gasteiger partial charge in [0.2, 0.25) is 5.91 Å². The Labute approximate surface area is 147 Å². The van der Waals surface area contributed by atoms with Gasteiger partial charge in [-0.15, -0.1) is 0 Å². The Hall–Kier alpha value is -0.650. The van der Waals surface area contributed by atoms with Gasteiger partial charge in [0.25, 0.3) is 0 Å². The fourth-order valence-electron chi connectivity index (χ4n) is 4.60. The Morgan fingerprint density at radius 2 is 1.75 bits per heavy atom. The van der Waals surface area contributed by atoms with E-state index < -0.39 is 0 Å². The van der Waals surface area contributed by atoms with E-state index in [1.807, 2.05) is 0 Å². The van der Waals surface area contributed by atoms with Crippen molar-refractivity contribution in [2.75, 3.05) is 52.4 Å². The van der Waals surface area contributed by atoms with Crippen molar-refractivity contribution < 1.29 is 4.79 Å². The maximum absolute atomic E-state index is 12.3. The minimum Gasteiger partial charge on any atom is -0.352 e. The molecule has 2 N–H and O–H groups in total. The molecule has 0 aromatic rings. The third-order valence-electron chi connectivity index (χ3n) is 6.11. The van der Waals surface area contributed by atoms with Gasteiger partial charge in [0.1, 0.15) is 0 Å². The Morgan fingerprint density at radius 3 is 2.46 bits per heavy atom. The monoisotopic (exact) mass is 336 g/mol. The van der Waals surface area contributed by atoms with Crippen LogP contribution in [0, 0.1) is 11.8 Å². The molecule has 1 amide bonds. The maximum atomic E-state index is 12.3. The number of rotatable bonds is 5. The summed E-state index contributed by atoms with van der Waals surface area (Å²) in [4.78, 5) is 17.2. The van der Waals surface area contributed by atoms with Gasteiger partial charge in [0.15, 0.2) is 0 Å². The van der Waals surface area contributed by atoms with Crippen molar-refractivity contribution in [3.8, 4) is 0 Å². The van der Waals surface area contributed by atoms with Crippen molar-refractivity contribution >= 4 is 5.91 Å². The van der Waals surface area contributed by atoms with Crippen LogP contribution in [0.15, 0.2) is 0 Å². The largest absolute Gasteiger partial charge is 0.352 e. The molecule has 0 radical (unpaired) electrons. The summed E-state index contributed by atoms with van der Waals surface area (Å²) in [6.45, 7) is 10.8. The zero-order valence-corrected chi connectivity index (χ0v) is 15.4. The van der Waals surface area contributed by atoms with Crippen LogP contribution < -0.4 is 10.6 Å². The summed E-state index contributed by atoms with van der Waals surface area (Å²) in [6.07, 6.45) is 7.56. The lowest BCUT2D eigenvalue weighted by Gasteiger charge is -2.37. The second kappa shape index (κ2) is 9.16. The highest BCUT2D eigenvalue weighted by Gasteiger charge is 2.24. The predicted molar refractivity (Wildman–Crippen MR) is 98.0 cm³/mol. The Balaban J connectivity index is 1.32. The lowest BCUT2D eigenvalue weighted by atomic mass is 9.87. The summed E-state index contributed by atoms with van der Waals surface area (Å²) in [7, 11) is 0. The topological polar surface area (TPSA) is 47.6 Å². The molecule has 138 valence electrons. The summed E-state index contributed by atoms with van der Waals surface area (Å²) >= 11 is 0. The van der Waals surface area contributed by atoms with E-state index in [4.69, 9.17) is 0 Å². The molecule has 2 unspecified atom stereocenters. The molecule has 2 atom stereocenters. The minimum atomic E-state index is 0.237. The van der Waals surface area contributed by atoms with Crippen LogP contribution in [0.25, 0.3) is 0 Å². The number of piperidine rings is 1. The van der Waals surface area contributed by atoms with Crippen LogP contribution >= 0.6 is 0 Å². The van der Waals surface area contributed by atoms with Crippen LogP contribution in [0.5, 0.6) is 0 Å². The van der Waals surface area contributed by atoms with Gasteiger partial charge in [-0.25, -0.2) is 0 Å². The summed E-state index contributed by atoms with van der Waals surface area (Å²) in [6, 6.07) is 0.419. The van der Waals surface area contributed by atoms with Crippen molar-refractivity contribution in [2.45, 2.75) is 51.5 Å². The van der Waals surface area contributed by atoms with Crippen LogP contribution in [0.1, 0.15) is 45.4 Å². The molecule has 1 aliphatic carbocycles. The molecular weight excluding hydrogens is 300 g/mol. The highest BCUT2D eigenvalue weighted by atomic mass is 16.2. The number of piperazine rings is 1. The van der Waals surface area contributed by atoms with E-state index in [2.05, 4.69) is 27.4 Å². The Kier molecular flexibility index (Phi) is 6.93. The predicted octanol–water partition coefficient (Wildman–Crippen LogP) is 1.30. The van der Waals surface area contributed by atoms with Gasteiger partial charge in [0, 0.05) is 38.8 Å². The third-order valence-corrected chi connectivity index (χ3v) is 6.11. The fraction of sp³-hybridized carbons (Fsp3) is 0.947. The first-order valence-electron chi connectivity index (χ1n) is 10.1. The molecule has 0 bridgehead atoms. The highest BCUT2D eigenvalue weighted by molar-refractivity contribution is 5.78. The van der Waals surface area contributed by atoms with Crippen LogP contribution in [-0.4, -0.2) is 74.1 Å². The molecule has 0 aromatic heterocycles. The molecule has 3 fully saturated rings. The van der Waals surface area contributed by atoms with Crippen molar-refractivity contribution in [3.05, 3.63) is 0 Å². The number of carbonyl (C=O) groups excluding carboxylic acids is 1. The van der Waals surface area contributed by atoms with Crippen molar-refractivity contribution in [2.24, 2.45) is 11.8 Å². The van der Waals surface area contributed by atoms with Gasteiger partial charge in [-0.05, 0) is 50.6 Å². The number of carbonyl (C=O) groups is 1. The first-order chi connectivity index (χ1) is 11.7. The Bertz CT molecular complexity index is 389. The van der Waals surface area contributed by atoms with E-state index in [9.17, 15) is 4.79 Å². The molecule has 5 heteroatoms. The first kappa shape index (κ1) is 18.2. The number of hydrogen-bond acceptors (Lipinski definition) is 4. The number of amides is 1. The maximum Gasteiger partial charge on any atom is 0.234 e. The molecular formula is C19H36N4O. The van der Waals surface area contributed by atoms with Crippen molar-refractivity contribution in [3.63, 3.8) is 0 Å². The third kappa shape index (κ3) is 5.71. The summed E-state index contributed by atoms with van der Waals surface area (Å²) in [5.41, 5.74) is 0. The zero-order valence-electron chi connectivity index (χ0n) is 15.4. The Morgan fingerprint density at radius 1 is 1.04 bits per heavy atom. The highest BCUT2D eigenvalue weighted by Crippen LogP contribution is 2.23. The average molecular weight is 337 g/mol. The molecule has 2 heterocycles. The van der Waals surface area contributed by atoms with E-state index in [0.29, 0.717) is 12.6 Å². The SMILES string of the molecule is CC1CCCC(NC(=O)CN2CCN(CC3CCNCC3)CC2)C1. The van der Waals surface area contributed by atoms with E-state index in [1.54, 1.807) is 0 Å². The molecule has 24 heavy (non-hydrogen) atoms. The van der Waals surface area contributed by atoms with Gasteiger partial charge in [-0.1, -0.05) is 19.8 Å². The van der Waals surface area contributed by atoms with E-state index in [-0.39, 0.29) is 5.91 Å². The molecule has 3 rings (SSSR count). The van der Waals surface area contributed by atoms with Gasteiger partial charge in [-0.2, -0.15) is 0 Å². The number of hydrogen-bond donors (Lipinski definition) is 2. The molecule has 1 saturated carbocycles. The molecule has 2 aliphatic heterocycles. The molecule has 3 aliphatic rings. The number of nitrogens with zero attached hydrogens (tertiary/aromatic N) is 2. The summed E-state index contributed by atoms with van der Waals surface area (Å²) in [5, 5.41) is 6.72. The van der Waals surface area contributed by atoms with Gasteiger partial charge >= 0.3 is 0 Å². The summed E-state index contributed by atoms with van der Waals surface area (Å²) < 4.78 is 0. The van der Waals surface area contributed by atoms with Crippen LogP contribution in [0.4, 0.5) is 0 Å². The quantitative estimate of drug-likeness (QED) is 0.794. The van der Waals surface area contributed by atoms with E-state index >= 15 is 0 Å². The standard InChI is InChI=1S/C19H36N4O/c1-16-3-2-4-18(13-16)21-19(24)15-23-11-9-22(10-12-23)14-17-5-7-20-8-6-17/h16-18,20H,2-15H2,1H3,(H,21,24). The second-order valence-corrected chi connectivity index (χ2v) is 8.31. The minimum absolute atomic E-state index is 0.237. The van der Waals surface area contributed by atoms with Gasteiger partial charge in [-0.3, -0.25) is 9.69 Å².